The topological polar surface area (TPSA) is 259 Å². The molecule has 0 aliphatic rings. The molecule has 0 bridgehead atoms. The molecule has 0 spiro atoms. The second-order valence-corrected chi connectivity index (χ2v) is 19.9. The molecule has 0 saturated heterocycles. The number of thioether (sulfide) groups is 3. The summed E-state index contributed by atoms with van der Waals surface area (Å²) in [5, 5.41) is 38.8. The molecule has 4 aromatic rings. The predicted molar refractivity (Wildman–Crippen MR) is 268 cm³/mol. The van der Waals surface area contributed by atoms with E-state index >= 15 is 0 Å². The largest absolute Gasteiger partial charge is 0.480 e. The first-order valence-electron chi connectivity index (χ1n) is 21.5. The predicted octanol–water partition coefficient (Wildman–Crippen LogP) is 8.42. The molecule has 0 aliphatic carbocycles. The quantitative estimate of drug-likeness (QED) is 0.0344. The standard InChI is InChI=1S/2C13H14F3NO3S.C12H17NO2.C11H15NO2S/c2*1-12(11(19)20,17-10(18)13(14,15)16)8-21-7-9-5-3-2-4-6-9;1-12(13,11(14)15)9-5-8-10-6-3-2-4-7-10;1-11(12,10(13)14)8-15-7-9-5-3-2-4-6-9/h2*2-6H,7-8H2,1H3,(H,17,18)(H,19,20);2-4,6-7H,5,8-9,13H2,1H3,(H,14,15);2-6H,7-8,12H2,1H3,(H,13,14)/t12-;;12-;/m1.0./s1. The Morgan fingerprint density at radius 1 is 0.444 bits per heavy atom. The minimum absolute atomic E-state index is 0.182. The van der Waals surface area contributed by atoms with E-state index in [2.05, 4.69) is 0 Å². The van der Waals surface area contributed by atoms with E-state index in [0.29, 0.717) is 23.7 Å². The number of carboxylic acids is 4. The Hall–Kier alpha value is -5.75. The van der Waals surface area contributed by atoms with Crippen LogP contribution in [0.3, 0.4) is 0 Å². The van der Waals surface area contributed by atoms with Crippen molar-refractivity contribution in [1.29, 1.82) is 0 Å². The SMILES string of the molecule is CC(CSCc1ccccc1)(NC(=O)C(F)(F)F)C(=O)O.CC(N)(CSCc1ccccc1)C(=O)O.C[C@](CSCc1ccccc1)(NC(=O)C(F)(F)F)C(=O)O.C[C@](N)(CCCc1ccccc1)C(=O)O. The van der Waals surface area contributed by atoms with Crippen molar-refractivity contribution in [3.05, 3.63) is 144 Å². The maximum absolute atomic E-state index is 12.2. The van der Waals surface area contributed by atoms with E-state index in [9.17, 15) is 55.1 Å². The zero-order valence-electron chi connectivity index (χ0n) is 39.8. The van der Waals surface area contributed by atoms with Gasteiger partial charge in [-0.15, -0.1) is 0 Å². The van der Waals surface area contributed by atoms with Gasteiger partial charge in [-0.25, -0.2) is 9.59 Å². The number of hydrogen-bond donors (Lipinski definition) is 8. The Balaban J connectivity index is 0.000000486. The number of aryl methyl sites for hydroxylation is 1. The Labute approximate surface area is 426 Å². The number of rotatable bonds is 22. The van der Waals surface area contributed by atoms with Crippen LogP contribution in [0.1, 0.15) is 62.8 Å². The molecule has 0 aromatic heterocycles. The molecule has 23 heteroatoms. The molecule has 4 atom stereocenters. The molecule has 10 N–H and O–H groups in total. The molecule has 0 heterocycles. The Bertz CT molecular complexity index is 2140. The number of benzene rings is 4. The van der Waals surface area contributed by atoms with Crippen LogP contribution in [-0.4, -0.2) is 108 Å². The lowest BCUT2D eigenvalue weighted by atomic mass is 9.95. The third kappa shape index (κ3) is 25.6. The zero-order valence-corrected chi connectivity index (χ0v) is 42.2. The van der Waals surface area contributed by atoms with Gasteiger partial charge in [-0.2, -0.15) is 61.6 Å². The average Bonchev–Trinajstić information content (AvgIpc) is 3.30. The number of carbonyl (C=O) groups is 6. The van der Waals surface area contributed by atoms with Crippen LogP contribution >= 0.6 is 35.3 Å². The van der Waals surface area contributed by atoms with Crippen LogP contribution in [0.15, 0.2) is 121 Å². The summed E-state index contributed by atoms with van der Waals surface area (Å²) < 4.78 is 73.3. The molecule has 396 valence electrons. The second kappa shape index (κ2) is 30.3. The van der Waals surface area contributed by atoms with Gasteiger partial charge in [-0.1, -0.05) is 121 Å². The lowest BCUT2D eigenvalue weighted by molar-refractivity contribution is -0.177. The monoisotopic (exact) mass is 1070 g/mol. The third-order valence-corrected chi connectivity index (χ3v) is 13.7. The van der Waals surface area contributed by atoms with Gasteiger partial charge in [-0.05, 0) is 69.2 Å². The molecule has 2 unspecified atom stereocenters. The number of halogens is 6. The van der Waals surface area contributed by atoms with Crippen LogP contribution < -0.4 is 22.1 Å². The summed E-state index contributed by atoms with van der Waals surface area (Å²) in [6.07, 6.45) is -8.05. The minimum Gasteiger partial charge on any atom is -0.480 e. The van der Waals surface area contributed by atoms with E-state index in [1.54, 1.807) is 31.2 Å². The Kier molecular flexibility index (Phi) is 27.1. The first-order valence-corrected chi connectivity index (χ1v) is 25.0. The van der Waals surface area contributed by atoms with Crippen LogP contribution in [0.4, 0.5) is 26.3 Å². The number of amides is 2. The summed E-state index contributed by atoms with van der Waals surface area (Å²) >= 11 is 3.80. The molecule has 0 aliphatic heterocycles. The van der Waals surface area contributed by atoms with E-state index in [4.69, 9.17) is 31.9 Å². The molecule has 4 aromatic carbocycles. The van der Waals surface area contributed by atoms with Crippen LogP contribution in [0.2, 0.25) is 0 Å². The number of nitrogens with two attached hydrogens (primary N) is 2. The van der Waals surface area contributed by atoms with Gasteiger partial charge in [0.25, 0.3) is 0 Å². The lowest BCUT2D eigenvalue weighted by Crippen LogP contribution is -2.57. The average molecular weight is 1080 g/mol. The van der Waals surface area contributed by atoms with Crippen LogP contribution in [0.25, 0.3) is 0 Å². The minimum atomic E-state index is -5.11. The molecule has 4 rings (SSSR count). The molecule has 2 amide bonds. The Morgan fingerprint density at radius 2 is 0.722 bits per heavy atom. The number of carbonyl (C=O) groups excluding carboxylic acids is 2. The van der Waals surface area contributed by atoms with E-state index < -0.39 is 70.2 Å². The highest BCUT2D eigenvalue weighted by Crippen LogP contribution is 2.24. The number of carboxylic acid groups (broad SMARTS) is 4. The summed E-state index contributed by atoms with van der Waals surface area (Å²) in [6.45, 7) is 5.20. The van der Waals surface area contributed by atoms with Crippen molar-refractivity contribution in [2.45, 2.75) is 98.7 Å². The summed E-state index contributed by atoms with van der Waals surface area (Å²) in [5.41, 5.74) is 9.26. The van der Waals surface area contributed by atoms with E-state index in [0.717, 1.165) is 67.1 Å². The normalized spacial score (nSPS) is 14.4. The molecule has 0 fully saturated rings. The molecular weight excluding hydrogens is 1010 g/mol. The summed E-state index contributed by atoms with van der Waals surface area (Å²) in [4.78, 5) is 65.5. The van der Waals surface area contributed by atoms with E-state index in [1.807, 2.05) is 97.1 Å². The summed E-state index contributed by atoms with van der Waals surface area (Å²) in [5.74, 6) is -7.71. The van der Waals surface area contributed by atoms with Crippen molar-refractivity contribution in [2.75, 3.05) is 17.3 Å². The first-order chi connectivity index (χ1) is 33.3. The van der Waals surface area contributed by atoms with Crippen LogP contribution in [0, 0.1) is 0 Å². The highest BCUT2D eigenvalue weighted by molar-refractivity contribution is 7.99. The van der Waals surface area contributed by atoms with Gasteiger partial charge in [-0.3, -0.25) is 19.2 Å². The third-order valence-electron chi connectivity index (χ3n) is 9.74. The van der Waals surface area contributed by atoms with Crippen molar-refractivity contribution < 1.29 is 75.5 Å². The van der Waals surface area contributed by atoms with Gasteiger partial charge in [0, 0.05) is 34.5 Å². The lowest BCUT2D eigenvalue weighted by Gasteiger charge is -2.26. The smallest absolute Gasteiger partial charge is 0.471 e. The van der Waals surface area contributed by atoms with Gasteiger partial charge in [0.2, 0.25) is 0 Å². The van der Waals surface area contributed by atoms with E-state index in [-0.39, 0.29) is 11.5 Å². The molecule has 14 nitrogen and oxygen atoms in total. The van der Waals surface area contributed by atoms with Crippen LogP contribution in [0.5, 0.6) is 0 Å². The highest BCUT2D eigenvalue weighted by atomic mass is 32.2. The molecular formula is C49H60F6N4O10S3. The van der Waals surface area contributed by atoms with Gasteiger partial charge in [0.1, 0.15) is 22.2 Å². The summed E-state index contributed by atoms with van der Waals surface area (Å²) in [6, 6.07) is 38.0. The van der Waals surface area contributed by atoms with Gasteiger partial charge in [0.15, 0.2) is 0 Å². The van der Waals surface area contributed by atoms with Gasteiger partial charge < -0.3 is 42.5 Å². The second-order valence-electron chi connectivity index (χ2n) is 16.9. The molecule has 72 heavy (non-hydrogen) atoms. The number of aliphatic carboxylic acids is 4. The maximum Gasteiger partial charge on any atom is 0.471 e. The van der Waals surface area contributed by atoms with Gasteiger partial charge in [0.05, 0.1) is 0 Å². The number of alkyl halides is 6. The fourth-order valence-electron chi connectivity index (χ4n) is 5.27. The Morgan fingerprint density at radius 3 is 0.986 bits per heavy atom. The van der Waals surface area contributed by atoms with Crippen molar-refractivity contribution in [1.82, 2.24) is 10.6 Å². The van der Waals surface area contributed by atoms with Crippen molar-refractivity contribution in [2.24, 2.45) is 11.5 Å². The number of nitrogens with one attached hydrogen (secondary N) is 2. The zero-order chi connectivity index (χ0) is 54.8. The van der Waals surface area contributed by atoms with Crippen molar-refractivity contribution in [3.63, 3.8) is 0 Å². The molecule has 0 radical (unpaired) electrons. The molecule has 0 saturated carbocycles. The highest BCUT2D eigenvalue weighted by Gasteiger charge is 2.46. The first kappa shape index (κ1) is 64.3. The van der Waals surface area contributed by atoms with E-state index in [1.165, 1.54) is 40.4 Å². The summed E-state index contributed by atoms with van der Waals surface area (Å²) in [7, 11) is 0. The van der Waals surface area contributed by atoms with Crippen molar-refractivity contribution in [3.8, 4) is 0 Å². The fraction of sp³-hybridized carbons (Fsp3) is 0.388. The van der Waals surface area contributed by atoms with Crippen molar-refractivity contribution >= 4 is 71.0 Å². The maximum atomic E-state index is 12.2. The van der Waals surface area contributed by atoms with Crippen LogP contribution in [-0.2, 0) is 52.4 Å². The number of hydrogen-bond acceptors (Lipinski definition) is 11. The van der Waals surface area contributed by atoms with Gasteiger partial charge >= 0.3 is 48.0 Å². The fourth-order valence-corrected chi connectivity index (χ4v) is 8.61.